The summed E-state index contributed by atoms with van der Waals surface area (Å²) in [6.45, 7) is 4.30. The van der Waals surface area contributed by atoms with Gasteiger partial charge in [0.25, 0.3) is 11.6 Å². The number of aryl methyl sites for hydroxylation is 1. The first kappa shape index (κ1) is 14.5. The number of piperidine rings is 1. The molecule has 0 saturated carbocycles. The van der Waals surface area contributed by atoms with Crippen LogP contribution in [0.4, 0.5) is 5.69 Å². The van der Waals surface area contributed by atoms with Gasteiger partial charge in [-0.05, 0) is 26.3 Å². The van der Waals surface area contributed by atoms with Crippen LogP contribution in [0.15, 0.2) is 12.3 Å². The standard InChI is InChI=1S/C13H20N4O3/c1-3-16(10-5-4-6-14-8-10)13(18)12-7-11(17(19)20)9-15(12)2/h7,9-10,14H,3-6,8H2,1-2H3. The molecule has 7 heteroatoms. The largest absolute Gasteiger partial charge is 0.340 e. The topological polar surface area (TPSA) is 80.4 Å². The van der Waals surface area contributed by atoms with Gasteiger partial charge in [0.1, 0.15) is 5.69 Å². The van der Waals surface area contributed by atoms with Crippen molar-refractivity contribution in [2.24, 2.45) is 7.05 Å². The molecule has 1 atom stereocenters. The van der Waals surface area contributed by atoms with Crippen molar-refractivity contribution in [3.05, 3.63) is 28.1 Å². The predicted octanol–water partition coefficient (Wildman–Crippen LogP) is 1.15. The van der Waals surface area contributed by atoms with Crippen molar-refractivity contribution >= 4 is 11.6 Å². The lowest BCUT2D eigenvalue weighted by molar-refractivity contribution is -0.384. The zero-order valence-electron chi connectivity index (χ0n) is 11.8. The van der Waals surface area contributed by atoms with Gasteiger partial charge >= 0.3 is 0 Å². The summed E-state index contributed by atoms with van der Waals surface area (Å²) in [4.78, 5) is 24.7. The second kappa shape index (κ2) is 6.04. The maximum Gasteiger partial charge on any atom is 0.287 e. The highest BCUT2D eigenvalue weighted by molar-refractivity contribution is 5.93. The van der Waals surface area contributed by atoms with Crippen LogP contribution in [0.1, 0.15) is 30.3 Å². The van der Waals surface area contributed by atoms with Crippen LogP contribution in [0, 0.1) is 10.1 Å². The first-order valence-corrected chi connectivity index (χ1v) is 6.87. The Morgan fingerprint density at radius 2 is 2.40 bits per heavy atom. The van der Waals surface area contributed by atoms with Gasteiger partial charge in [-0.25, -0.2) is 0 Å². The summed E-state index contributed by atoms with van der Waals surface area (Å²) >= 11 is 0. The van der Waals surface area contributed by atoms with E-state index in [9.17, 15) is 14.9 Å². The van der Waals surface area contributed by atoms with Crippen molar-refractivity contribution in [2.45, 2.75) is 25.8 Å². The zero-order valence-corrected chi connectivity index (χ0v) is 11.8. The molecule has 0 aliphatic carbocycles. The summed E-state index contributed by atoms with van der Waals surface area (Å²) < 4.78 is 1.53. The third-order valence-electron chi connectivity index (χ3n) is 3.73. The van der Waals surface area contributed by atoms with Crippen LogP contribution in [-0.2, 0) is 7.05 Å². The highest BCUT2D eigenvalue weighted by Crippen LogP contribution is 2.19. The van der Waals surface area contributed by atoms with E-state index in [0.29, 0.717) is 12.2 Å². The highest BCUT2D eigenvalue weighted by Gasteiger charge is 2.27. The number of amides is 1. The lowest BCUT2D eigenvalue weighted by Crippen LogP contribution is -2.48. The molecule has 2 heterocycles. The minimum absolute atomic E-state index is 0.0475. The fourth-order valence-corrected chi connectivity index (χ4v) is 2.67. The van der Waals surface area contributed by atoms with Gasteiger partial charge in [-0.1, -0.05) is 0 Å². The number of hydrogen-bond acceptors (Lipinski definition) is 4. The number of carbonyl (C=O) groups excluding carboxylic acids is 1. The first-order chi connectivity index (χ1) is 9.54. The Morgan fingerprint density at radius 3 is 2.90 bits per heavy atom. The van der Waals surface area contributed by atoms with Gasteiger partial charge in [0.05, 0.1) is 11.1 Å². The zero-order chi connectivity index (χ0) is 14.7. The molecule has 1 aromatic heterocycles. The molecule has 1 amide bonds. The third-order valence-corrected chi connectivity index (χ3v) is 3.73. The SMILES string of the molecule is CCN(C(=O)c1cc([N+](=O)[O-])cn1C)C1CCCNC1. The van der Waals surface area contributed by atoms with Gasteiger partial charge in [0.15, 0.2) is 0 Å². The minimum atomic E-state index is -0.477. The quantitative estimate of drug-likeness (QED) is 0.662. The molecule has 2 rings (SSSR count). The van der Waals surface area contributed by atoms with Gasteiger partial charge in [-0.3, -0.25) is 14.9 Å². The summed E-state index contributed by atoms with van der Waals surface area (Å²) in [5.74, 6) is -0.142. The molecule has 0 radical (unpaired) electrons. The monoisotopic (exact) mass is 280 g/mol. The van der Waals surface area contributed by atoms with Gasteiger partial charge in [0.2, 0.25) is 0 Å². The van der Waals surface area contributed by atoms with Crippen molar-refractivity contribution in [3.63, 3.8) is 0 Å². The molecule has 20 heavy (non-hydrogen) atoms. The van der Waals surface area contributed by atoms with E-state index in [1.165, 1.54) is 16.8 Å². The number of nitrogens with zero attached hydrogens (tertiary/aromatic N) is 3. The van der Waals surface area contributed by atoms with Crippen LogP contribution < -0.4 is 5.32 Å². The number of likely N-dealkylation sites (N-methyl/N-ethyl adjacent to an activating group) is 1. The van der Waals surface area contributed by atoms with Crippen molar-refractivity contribution in [1.29, 1.82) is 0 Å². The number of nitro groups is 1. The van der Waals surface area contributed by atoms with Crippen molar-refractivity contribution in [1.82, 2.24) is 14.8 Å². The normalized spacial score (nSPS) is 18.8. The van der Waals surface area contributed by atoms with E-state index in [0.717, 1.165) is 25.9 Å². The summed E-state index contributed by atoms with van der Waals surface area (Å²) in [5.41, 5.74) is 0.317. The first-order valence-electron chi connectivity index (χ1n) is 6.87. The summed E-state index contributed by atoms with van der Waals surface area (Å²) in [6.07, 6.45) is 3.39. The molecule has 1 aliphatic rings. The molecule has 1 aromatic rings. The van der Waals surface area contributed by atoms with E-state index in [-0.39, 0.29) is 17.6 Å². The molecular weight excluding hydrogens is 260 g/mol. The van der Waals surface area contributed by atoms with E-state index in [1.54, 1.807) is 11.9 Å². The number of hydrogen-bond donors (Lipinski definition) is 1. The Balaban J connectivity index is 2.21. The summed E-state index contributed by atoms with van der Waals surface area (Å²) in [6, 6.07) is 1.51. The number of nitrogens with one attached hydrogen (secondary N) is 1. The lowest BCUT2D eigenvalue weighted by atomic mass is 10.1. The Labute approximate surface area is 117 Å². The van der Waals surface area contributed by atoms with Gasteiger partial charge in [-0.2, -0.15) is 0 Å². The average Bonchev–Trinajstić information content (AvgIpc) is 2.83. The van der Waals surface area contributed by atoms with Crippen LogP contribution in [-0.4, -0.2) is 46.0 Å². The second-order valence-corrected chi connectivity index (χ2v) is 5.04. The molecule has 110 valence electrons. The maximum atomic E-state index is 12.6. The highest BCUT2D eigenvalue weighted by atomic mass is 16.6. The van der Waals surface area contributed by atoms with Crippen LogP contribution in [0.25, 0.3) is 0 Å². The van der Waals surface area contributed by atoms with E-state index < -0.39 is 4.92 Å². The molecule has 7 nitrogen and oxygen atoms in total. The molecular formula is C13H20N4O3. The Bertz CT molecular complexity index is 506. The predicted molar refractivity (Wildman–Crippen MR) is 74.7 cm³/mol. The van der Waals surface area contributed by atoms with Gasteiger partial charge in [0, 0.05) is 32.2 Å². The van der Waals surface area contributed by atoms with Gasteiger partial charge < -0.3 is 14.8 Å². The molecule has 1 saturated heterocycles. The summed E-state index contributed by atoms with van der Waals surface area (Å²) in [5, 5.41) is 14.1. The van der Waals surface area contributed by atoms with Gasteiger partial charge in [-0.15, -0.1) is 0 Å². The number of carbonyl (C=O) groups is 1. The minimum Gasteiger partial charge on any atom is -0.340 e. The fourth-order valence-electron chi connectivity index (χ4n) is 2.67. The third kappa shape index (κ3) is 2.82. The van der Waals surface area contributed by atoms with E-state index in [1.807, 2.05) is 6.92 Å². The molecule has 0 aromatic carbocycles. The van der Waals surface area contributed by atoms with Crippen LogP contribution in [0.3, 0.4) is 0 Å². The Hall–Kier alpha value is -1.89. The molecule has 0 bridgehead atoms. The van der Waals surface area contributed by atoms with E-state index in [2.05, 4.69) is 5.32 Å². The summed E-state index contributed by atoms with van der Waals surface area (Å²) in [7, 11) is 1.66. The average molecular weight is 280 g/mol. The number of aromatic nitrogens is 1. The van der Waals surface area contributed by atoms with Crippen LogP contribution in [0.2, 0.25) is 0 Å². The van der Waals surface area contributed by atoms with E-state index >= 15 is 0 Å². The molecule has 1 aliphatic heterocycles. The fraction of sp³-hybridized carbons (Fsp3) is 0.615. The maximum absolute atomic E-state index is 12.6. The van der Waals surface area contributed by atoms with Crippen LogP contribution >= 0.6 is 0 Å². The van der Waals surface area contributed by atoms with E-state index in [4.69, 9.17) is 0 Å². The molecule has 1 fully saturated rings. The van der Waals surface area contributed by atoms with Crippen molar-refractivity contribution in [3.8, 4) is 0 Å². The van der Waals surface area contributed by atoms with Crippen LogP contribution in [0.5, 0.6) is 0 Å². The molecule has 0 spiro atoms. The lowest BCUT2D eigenvalue weighted by Gasteiger charge is -2.34. The van der Waals surface area contributed by atoms with Crippen molar-refractivity contribution in [2.75, 3.05) is 19.6 Å². The smallest absolute Gasteiger partial charge is 0.287 e. The molecule has 1 N–H and O–H groups in total. The Kier molecular flexibility index (Phi) is 4.39. The second-order valence-electron chi connectivity index (χ2n) is 5.04. The van der Waals surface area contributed by atoms with Crippen molar-refractivity contribution < 1.29 is 9.72 Å². The molecule has 1 unspecified atom stereocenters. The number of rotatable bonds is 4. The Morgan fingerprint density at radius 1 is 1.65 bits per heavy atom.